The molecule has 3 aromatic rings. The van der Waals surface area contributed by atoms with E-state index in [1.54, 1.807) is 33.7 Å². The van der Waals surface area contributed by atoms with E-state index in [4.69, 9.17) is 14.2 Å². The Hall–Kier alpha value is -3.00. The Morgan fingerprint density at radius 1 is 1.07 bits per heavy atom. The van der Waals surface area contributed by atoms with E-state index in [1.807, 2.05) is 22.7 Å². The molecule has 3 heterocycles. The Morgan fingerprint density at radius 2 is 1.89 bits per heavy atom. The molecule has 0 amide bonds. The van der Waals surface area contributed by atoms with Crippen molar-refractivity contribution < 1.29 is 19.3 Å². The first-order chi connectivity index (χ1) is 13.2. The van der Waals surface area contributed by atoms with Crippen molar-refractivity contribution in [3.05, 3.63) is 30.7 Å². The summed E-state index contributed by atoms with van der Waals surface area (Å²) in [5, 5.41) is 9.85. The van der Waals surface area contributed by atoms with E-state index >= 15 is 0 Å². The molecule has 1 unspecified atom stereocenters. The molecule has 0 radical (unpaired) electrons. The van der Waals surface area contributed by atoms with E-state index in [9.17, 15) is 5.11 Å². The van der Waals surface area contributed by atoms with Gasteiger partial charge in [0.2, 0.25) is 5.75 Å². The van der Waals surface area contributed by atoms with Crippen LogP contribution in [0, 0.1) is 0 Å². The second-order valence-electron chi connectivity index (χ2n) is 6.36. The molecule has 2 aromatic heterocycles. The van der Waals surface area contributed by atoms with Crippen molar-refractivity contribution >= 4 is 11.5 Å². The summed E-state index contributed by atoms with van der Waals surface area (Å²) in [6.07, 6.45) is 5.80. The Kier molecular flexibility index (Phi) is 4.49. The van der Waals surface area contributed by atoms with Crippen molar-refractivity contribution in [2.24, 2.45) is 0 Å². The van der Waals surface area contributed by atoms with Gasteiger partial charge < -0.3 is 24.2 Å². The Morgan fingerprint density at radius 3 is 2.56 bits per heavy atom. The number of imidazole rings is 1. The number of hydrogen-bond acceptors (Lipinski definition) is 7. The highest BCUT2D eigenvalue weighted by Gasteiger charge is 2.25. The van der Waals surface area contributed by atoms with Gasteiger partial charge >= 0.3 is 0 Å². The maximum Gasteiger partial charge on any atom is 0.203 e. The van der Waals surface area contributed by atoms with Crippen LogP contribution < -0.4 is 19.1 Å². The van der Waals surface area contributed by atoms with Crippen LogP contribution in [0.3, 0.4) is 0 Å². The highest BCUT2D eigenvalue weighted by molar-refractivity contribution is 5.78. The van der Waals surface area contributed by atoms with Crippen LogP contribution in [0.4, 0.5) is 5.82 Å². The molecule has 0 bridgehead atoms. The standard InChI is InChI=1S/C19H22N4O4/c1-25-15-5-4-13(16(26-2)17(15)27-3)14-10-21-19-18(20-7-9-23(14)19)22-8-6-12(24)11-22/h4-5,7,9-10,12,24H,6,8,11H2,1-3H3. The minimum absolute atomic E-state index is 0.326. The minimum Gasteiger partial charge on any atom is -0.493 e. The number of methoxy groups -OCH3 is 3. The maximum atomic E-state index is 9.85. The number of aliphatic hydroxyl groups excluding tert-OH is 1. The van der Waals surface area contributed by atoms with Crippen molar-refractivity contribution in [1.82, 2.24) is 14.4 Å². The van der Waals surface area contributed by atoms with E-state index in [-0.39, 0.29) is 6.10 Å². The average molecular weight is 370 g/mol. The van der Waals surface area contributed by atoms with Crippen LogP contribution in [0.2, 0.25) is 0 Å². The molecule has 1 aromatic carbocycles. The van der Waals surface area contributed by atoms with Crippen molar-refractivity contribution in [3.8, 4) is 28.5 Å². The third-order valence-corrected chi connectivity index (χ3v) is 4.85. The molecule has 1 aliphatic heterocycles. The molecule has 1 N–H and O–H groups in total. The van der Waals surface area contributed by atoms with E-state index < -0.39 is 0 Å². The van der Waals surface area contributed by atoms with Crippen LogP contribution in [0.1, 0.15) is 6.42 Å². The molecule has 8 heteroatoms. The lowest BCUT2D eigenvalue weighted by Crippen LogP contribution is -2.23. The zero-order chi connectivity index (χ0) is 19.0. The Balaban J connectivity index is 1.86. The number of benzene rings is 1. The molecule has 1 aliphatic rings. The van der Waals surface area contributed by atoms with Crippen LogP contribution >= 0.6 is 0 Å². The molecular formula is C19H22N4O4. The van der Waals surface area contributed by atoms with Gasteiger partial charge in [-0.2, -0.15) is 0 Å². The summed E-state index contributed by atoms with van der Waals surface area (Å²) in [6.45, 7) is 1.32. The number of anilines is 1. The fourth-order valence-corrected chi connectivity index (χ4v) is 3.57. The molecule has 0 spiro atoms. The first-order valence-electron chi connectivity index (χ1n) is 8.72. The van der Waals surface area contributed by atoms with Gasteiger partial charge in [0.05, 0.1) is 39.3 Å². The third-order valence-electron chi connectivity index (χ3n) is 4.85. The second kappa shape index (κ2) is 6.96. The molecule has 1 fully saturated rings. The summed E-state index contributed by atoms with van der Waals surface area (Å²) in [7, 11) is 4.77. The van der Waals surface area contributed by atoms with Gasteiger partial charge in [0, 0.05) is 31.0 Å². The highest BCUT2D eigenvalue weighted by Crippen LogP contribution is 2.44. The number of aliphatic hydroxyl groups is 1. The number of hydrogen-bond donors (Lipinski definition) is 1. The van der Waals surface area contributed by atoms with Gasteiger partial charge in [-0.15, -0.1) is 0 Å². The molecule has 4 rings (SSSR count). The van der Waals surface area contributed by atoms with Gasteiger partial charge in [-0.25, -0.2) is 9.97 Å². The van der Waals surface area contributed by atoms with E-state index in [2.05, 4.69) is 14.9 Å². The topological polar surface area (TPSA) is 81.4 Å². The fraction of sp³-hybridized carbons (Fsp3) is 0.368. The van der Waals surface area contributed by atoms with Crippen LogP contribution in [0.25, 0.3) is 16.9 Å². The van der Waals surface area contributed by atoms with Gasteiger partial charge in [-0.05, 0) is 18.6 Å². The van der Waals surface area contributed by atoms with E-state index in [1.165, 1.54) is 0 Å². The van der Waals surface area contributed by atoms with Crippen molar-refractivity contribution in [2.75, 3.05) is 39.3 Å². The fourth-order valence-electron chi connectivity index (χ4n) is 3.57. The molecule has 27 heavy (non-hydrogen) atoms. The number of aromatic nitrogens is 3. The second-order valence-corrected chi connectivity index (χ2v) is 6.36. The normalized spacial score (nSPS) is 16.7. The SMILES string of the molecule is COc1ccc(-c2cnc3c(N4CCC(O)C4)nccn23)c(OC)c1OC. The minimum atomic E-state index is -0.326. The van der Waals surface area contributed by atoms with Crippen molar-refractivity contribution in [2.45, 2.75) is 12.5 Å². The summed E-state index contributed by atoms with van der Waals surface area (Å²) >= 11 is 0. The summed E-state index contributed by atoms with van der Waals surface area (Å²) in [6, 6.07) is 3.76. The predicted molar refractivity (Wildman–Crippen MR) is 101 cm³/mol. The van der Waals surface area contributed by atoms with Gasteiger partial charge in [0.1, 0.15) is 0 Å². The number of rotatable bonds is 5. The van der Waals surface area contributed by atoms with Gasteiger partial charge in [-0.1, -0.05) is 0 Å². The largest absolute Gasteiger partial charge is 0.493 e. The first kappa shape index (κ1) is 17.4. The third kappa shape index (κ3) is 2.82. The Bertz CT molecular complexity index is 972. The molecular weight excluding hydrogens is 348 g/mol. The first-order valence-corrected chi connectivity index (χ1v) is 8.72. The lowest BCUT2D eigenvalue weighted by molar-refractivity contribution is 0.198. The quantitative estimate of drug-likeness (QED) is 0.735. The lowest BCUT2D eigenvalue weighted by atomic mass is 10.1. The predicted octanol–water partition coefficient (Wildman–Crippen LogP) is 1.99. The summed E-state index contributed by atoms with van der Waals surface area (Å²) < 4.78 is 18.5. The number of β-amino-alcohol motifs (C(OH)–C–C–N with tert-alkyl or cyclic N) is 1. The molecule has 1 saturated heterocycles. The zero-order valence-corrected chi connectivity index (χ0v) is 15.5. The molecule has 8 nitrogen and oxygen atoms in total. The number of fused-ring (bicyclic) bond motifs is 1. The van der Waals surface area contributed by atoms with E-state index in [0.717, 1.165) is 35.7 Å². The highest BCUT2D eigenvalue weighted by atomic mass is 16.5. The number of ether oxygens (including phenoxy) is 3. The molecule has 0 aliphatic carbocycles. The Labute approximate surface area is 156 Å². The van der Waals surface area contributed by atoms with Crippen LogP contribution in [-0.4, -0.2) is 60.0 Å². The van der Waals surface area contributed by atoms with Crippen molar-refractivity contribution in [3.63, 3.8) is 0 Å². The molecule has 1 atom stereocenters. The van der Waals surface area contributed by atoms with Crippen molar-refractivity contribution in [1.29, 1.82) is 0 Å². The summed E-state index contributed by atoms with van der Waals surface area (Å²) in [5.41, 5.74) is 2.42. The van der Waals surface area contributed by atoms with E-state index in [0.29, 0.717) is 23.8 Å². The van der Waals surface area contributed by atoms with Crippen LogP contribution in [0.15, 0.2) is 30.7 Å². The molecule has 0 saturated carbocycles. The summed E-state index contributed by atoms with van der Waals surface area (Å²) in [4.78, 5) is 11.1. The monoisotopic (exact) mass is 370 g/mol. The summed E-state index contributed by atoms with van der Waals surface area (Å²) in [5.74, 6) is 2.47. The smallest absolute Gasteiger partial charge is 0.203 e. The lowest BCUT2D eigenvalue weighted by Gasteiger charge is -2.18. The molecule has 142 valence electrons. The maximum absolute atomic E-state index is 9.85. The zero-order valence-electron chi connectivity index (χ0n) is 15.5. The van der Waals surface area contributed by atoms with Gasteiger partial charge in [-0.3, -0.25) is 4.40 Å². The van der Waals surface area contributed by atoms with Crippen LogP contribution in [-0.2, 0) is 0 Å². The van der Waals surface area contributed by atoms with Gasteiger partial charge in [0.25, 0.3) is 0 Å². The van der Waals surface area contributed by atoms with Crippen LogP contribution in [0.5, 0.6) is 17.2 Å². The van der Waals surface area contributed by atoms with Gasteiger partial charge in [0.15, 0.2) is 23.0 Å². The number of nitrogens with zero attached hydrogens (tertiary/aromatic N) is 4. The average Bonchev–Trinajstić information content (AvgIpc) is 3.32.